The van der Waals surface area contributed by atoms with Crippen molar-refractivity contribution in [3.05, 3.63) is 87.9 Å². The summed E-state index contributed by atoms with van der Waals surface area (Å²) in [6.07, 6.45) is 0. The van der Waals surface area contributed by atoms with E-state index in [0.717, 1.165) is 22.7 Å². The number of halogens is 3. The van der Waals surface area contributed by atoms with E-state index in [1.807, 2.05) is 0 Å². The van der Waals surface area contributed by atoms with E-state index in [1.165, 1.54) is 18.2 Å². The summed E-state index contributed by atoms with van der Waals surface area (Å²) in [7, 11) is 0. The first-order valence-corrected chi connectivity index (χ1v) is 8.76. The summed E-state index contributed by atoms with van der Waals surface area (Å²) in [6.45, 7) is 0. The van der Waals surface area contributed by atoms with Crippen molar-refractivity contribution < 1.29 is 23.1 Å². The van der Waals surface area contributed by atoms with Crippen LogP contribution in [0.25, 0.3) is 0 Å². The molecule has 3 aromatic carbocycles. The fourth-order valence-electron chi connectivity index (χ4n) is 2.35. The van der Waals surface area contributed by atoms with Crippen LogP contribution in [0.3, 0.4) is 0 Å². The van der Waals surface area contributed by atoms with Gasteiger partial charge in [-0.15, -0.1) is 0 Å². The number of hydrogen-bond acceptors (Lipinski definition) is 3. The van der Waals surface area contributed by atoms with Gasteiger partial charge in [-0.2, -0.15) is 0 Å². The number of amides is 2. The molecule has 0 aromatic heterocycles. The van der Waals surface area contributed by atoms with Crippen LogP contribution in [0, 0.1) is 11.6 Å². The Balaban J connectivity index is 1.76. The number of anilines is 1. The predicted molar refractivity (Wildman–Crippen MR) is 103 cm³/mol. The average molecular weight is 447 g/mol. The first-order valence-electron chi connectivity index (χ1n) is 7.97. The molecule has 0 aliphatic heterocycles. The van der Waals surface area contributed by atoms with E-state index in [0.29, 0.717) is 5.75 Å². The van der Waals surface area contributed by atoms with Gasteiger partial charge in [-0.3, -0.25) is 9.59 Å². The summed E-state index contributed by atoms with van der Waals surface area (Å²) in [5, 5.41) is 2.46. The molecule has 3 aromatic rings. The lowest BCUT2D eigenvalue weighted by atomic mass is 10.1. The van der Waals surface area contributed by atoms with Crippen LogP contribution < -0.4 is 15.8 Å². The number of hydrogen-bond donors (Lipinski definition) is 2. The molecule has 0 unspecified atom stereocenters. The summed E-state index contributed by atoms with van der Waals surface area (Å²) >= 11 is 3.29. The van der Waals surface area contributed by atoms with Crippen LogP contribution in [0.5, 0.6) is 11.5 Å². The van der Waals surface area contributed by atoms with Crippen molar-refractivity contribution in [2.75, 3.05) is 5.32 Å². The molecule has 0 fully saturated rings. The highest BCUT2D eigenvalue weighted by molar-refractivity contribution is 9.10. The minimum Gasteiger partial charge on any atom is -0.454 e. The van der Waals surface area contributed by atoms with Gasteiger partial charge in [0.05, 0.1) is 5.56 Å². The number of carbonyl (C=O) groups is 2. The first-order chi connectivity index (χ1) is 13.3. The van der Waals surface area contributed by atoms with Crippen molar-refractivity contribution in [2.24, 2.45) is 5.73 Å². The predicted octanol–water partition coefficient (Wildman–Crippen LogP) is 4.87. The molecule has 3 rings (SSSR count). The number of nitrogens with two attached hydrogens (primary N) is 1. The smallest absolute Gasteiger partial charge is 0.255 e. The molecule has 142 valence electrons. The lowest BCUT2D eigenvalue weighted by Gasteiger charge is -2.10. The van der Waals surface area contributed by atoms with Gasteiger partial charge in [0.1, 0.15) is 11.6 Å². The van der Waals surface area contributed by atoms with E-state index in [-0.39, 0.29) is 22.6 Å². The Morgan fingerprint density at radius 3 is 2.29 bits per heavy atom. The number of nitrogens with one attached hydrogen (secondary N) is 1. The monoisotopic (exact) mass is 446 g/mol. The summed E-state index contributed by atoms with van der Waals surface area (Å²) in [4.78, 5) is 23.5. The molecule has 0 aliphatic carbocycles. The number of carbonyl (C=O) groups excluding carboxylic acids is 2. The second-order valence-electron chi connectivity index (χ2n) is 5.71. The van der Waals surface area contributed by atoms with Crippen LogP contribution in [0.15, 0.2) is 65.1 Å². The highest BCUT2D eigenvalue weighted by Gasteiger charge is 2.14. The van der Waals surface area contributed by atoms with Crippen molar-refractivity contribution >= 4 is 33.4 Å². The molecule has 0 spiro atoms. The zero-order valence-corrected chi connectivity index (χ0v) is 15.8. The second kappa shape index (κ2) is 8.18. The van der Waals surface area contributed by atoms with Crippen LogP contribution in [0.2, 0.25) is 0 Å². The highest BCUT2D eigenvalue weighted by Crippen LogP contribution is 2.26. The van der Waals surface area contributed by atoms with Gasteiger partial charge in [-0.25, -0.2) is 8.78 Å². The fourth-order valence-corrected chi connectivity index (χ4v) is 2.61. The lowest BCUT2D eigenvalue weighted by molar-refractivity contribution is 0.0992. The topological polar surface area (TPSA) is 81.4 Å². The third-order valence-corrected chi connectivity index (χ3v) is 4.25. The van der Waals surface area contributed by atoms with Gasteiger partial charge in [0, 0.05) is 15.7 Å². The molecule has 0 aliphatic rings. The summed E-state index contributed by atoms with van der Waals surface area (Å²) in [5.74, 6) is -2.75. The van der Waals surface area contributed by atoms with Gasteiger partial charge in [-0.1, -0.05) is 15.9 Å². The zero-order valence-electron chi connectivity index (χ0n) is 14.2. The minimum atomic E-state index is -0.964. The molecule has 8 heteroatoms. The molecule has 5 nitrogen and oxygen atoms in total. The summed E-state index contributed by atoms with van der Waals surface area (Å²) in [6, 6.07) is 13.9. The molecule has 0 saturated heterocycles. The van der Waals surface area contributed by atoms with Crippen LogP contribution in [0.4, 0.5) is 14.5 Å². The quantitative estimate of drug-likeness (QED) is 0.586. The SMILES string of the molecule is NC(=O)c1cc(NC(=O)c2ccc(Oc3ccc(Br)cc3)c(F)c2)ccc1F. The van der Waals surface area contributed by atoms with Gasteiger partial charge in [0.2, 0.25) is 0 Å². The summed E-state index contributed by atoms with van der Waals surface area (Å²) < 4.78 is 34.1. The van der Waals surface area contributed by atoms with Gasteiger partial charge < -0.3 is 15.8 Å². The average Bonchev–Trinajstić information content (AvgIpc) is 2.66. The fraction of sp³-hybridized carbons (Fsp3) is 0. The molecule has 0 radical (unpaired) electrons. The van der Waals surface area contributed by atoms with E-state index < -0.39 is 23.4 Å². The van der Waals surface area contributed by atoms with E-state index in [9.17, 15) is 18.4 Å². The maximum Gasteiger partial charge on any atom is 0.255 e. The molecule has 0 saturated carbocycles. The van der Waals surface area contributed by atoms with Crippen LogP contribution in [-0.2, 0) is 0 Å². The number of primary amides is 1. The van der Waals surface area contributed by atoms with Crippen LogP contribution in [0.1, 0.15) is 20.7 Å². The molecule has 28 heavy (non-hydrogen) atoms. The maximum atomic E-state index is 14.3. The Hall–Kier alpha value is -3.26. The Morgan fingerprint density at radius 1 is 0.929 bits per heavy atom. The largest absolute Gasteiger partial charge is 0.454 e. The Kier molecular flexibility index (Phi) is 5.70. The third-order valence-electron chi connectivity index (χ3n) is 3.73. The van der Waals surface area contributed by atoms with Crippen LogP contribution >= 0.6 is 15.9 Å². The highest BCUT2D eigenvalue weighted by atomic mass is 79.9. The molecular formula is C20H13BrF2N2O3. The van der Waals surface area contributed by atoms with Gasteiger partial charge >= 0.3 is 0 Å². The molecule has 2 amide bonds. The Labute approximate surface area is 167 Å². The van der Waals surface area contributed by atoms with Crippen LogP contribution in [-0.4, -0.2) is 11.8 Å². The Morgan fingerprint density at radius 2 is 1.64 bits per heavy atom. The van der Waals surface area contributed by atoms with E-state index >= 15 is 0 Å². The number of ether oxygens (including phenoxy) is 1. The molecular weight excluding hydrogens is 434 g/mol. The summed E-state index contributed by atoms with van der Waals surface area (Å²) in [5.41, 5.74) is 4.88. The van der Waals surface area contributed by atoms with Crippen molar-refractivity contribution in [2.45, 2.75) is 0 Å². The van der Waals surface area contributed by atoms with Crippen molar-refractivity contribution in [1.82, 2.24) is 0 Å². The third kappa shape index (κ3) is 4.52. The van der Waals surface area contributed by atoms with Crippen molar-refractivity contribution in [1.29, 1.82) is 0 Å². The van der Waals surface area contributed by atoms with E-state index in [1.54, 1.807) is 24.3 Å². The minimum absolute atomic E-state index is 0.0191. The number of benzene rings is 3. The molecule has 0 bridgehead atoms. The maximum absolute atomic E-state index is 14.3. The normalized spacial score (nSPS) is 10.4. The number of rotatable bonds is 5. The Bertz CT molecular complexity index is 1060. The van der Waals surface area contributed by atoms with E-state index in [2.05, 4.69) is 21.2 Å². The molecule has 0 heterocycles. The van der Waals surface area contributed by atoms with E-state index in [4.69, 9.17) is 10.5 Å². The van der Waals surface area contributed by atoms with Gasteiger partial charge in [0.25, 0.3) is 11.8 Å². The first kappa shape index (κ1) is 19.5. The van der Waals surface area contributed by atoms with Gasteiger partial charge in [0.15, 0.2) is 11.6 Å². The van der Waals surface area contributed by atoms with Crippen molar-refractivity contribution in [3.8, 4) is 11.5 Å². The second-order valence-corrected chi connectivity index (χ2v) is 6.63. The van der Waals surface area contributed by atoms with Gasteiger partial charge in [-0.05, 0) is 60.7 Å². The lowest BCUT2D eigenvalue weighted by Crippen LogP contribution is -2.16. The van der Waals surface area contributed by atoms with Crippen molar-refractivity contribution in [3.63, 3.8) is 0 Å². The molecule has 3 N–H and O–H groups in total. The molecule has 0 atom stereocenters. The standard InChI is InChI=1S/C20H13BrF2N2O3/c21-12-2-5-14(6-3-12)28-18-8-1-11(9-17(18)23)20(27)25-13-4-7-16(22)15(10-13)19(24)26/h1-10H,(H2,24,26)(H,25,27). The zero-order chi connectivity index (χ0) is 20.3.